The number of hydrazine groups is 1. The quantitative estimate of drug-likeness (QED) is 0.235. The van der Waals surface area contributed by atoms with Gasteiger partial charge in [-0.05, 0) is 6.42 Å². The first-order valence-corrected chi connectivity index (χ1v) is 10.2. The second-order valence-corrected chi connectivity index (χ2v) is 7.11. The van der Waals surface area contributed by atoms with E-state index in [4.69, 9.17) is 0 Å². The van der Waals surface area contributed by atoms with Crippen LogP contribution < -0.4 is 5.43 Å². The molecule has 0 heterocycles. The van der Waals surface area contributed by atoms with Crippen LogP contribution in [0.1, 0.15) is 110 Å². The van der Waals surface area contributed by atoms with Crippen LogP contribution in [0.5, 0.6) is 0 Å². The van der Waals surface area contributed by atoms with Gasteiger partial charge in [-0.25, -0.2) is 0 Å². The zero-order valence-corrected chi connectivity index (χ0v) is 16.0. The molecule has 0 amide bonds. The van der Waals surface area contributed by atoms with Crippen LogP contribution in [0.25, 0.3) is 0 Å². The first-order chi connectivity index (χ1) is 10.8. The van der Waals surface area contributed by atoms with E-state index in [9.17, 15) is 0 Å². The first-order valence-electron chi connectivity index (χ1n) is 10.2. The second-order valence-electron chi connectivity index (χ2n) is 7.11. The van der Waals surface area contributed by atoms with Crippen molar-refractivity contribution in [1.82, 2.24) is 10.4 Å². The van der Waals surface area contributed by atoms with Gasteiger partial charge in [0.05, 0.1) is 0 Å². The van der Waals surface area contributed by atoms with Crippen LogP contribution in [0.3, 0.4) is 0 Å². The third-order valence-electron chi connectivity index (χ3n) is 4.46. The molecule has 0 bridgehead atoms. The van der Waals surface area contributed by atoms with Gasteiger partial charge in [-0.2, -0.15) is 0 Å². The van der Waals surface area contributed by atoms with Gasteiger partial charge in [-0.3, -0.25) is 10.4 Å². The van der Waals surface area contributed by atoms with Crippen molar-refractivity contribution in [2.45, 2.75) is 110 Å². The summed E-state index contributed by atoms with van der Waals surface area (Å²) in [7, 11) is 4.12. The number of rotatable bonds is 18. The summed E-state index contributed by atoms with van der Waals surface area (Å²) in [6.45, 7) is 3.42. The number of hydrogen-bond acceptors (Lipinski definition) is 2. The lowest BCUT2D eigenvalue weighted by Crippen LogP contribution is -2.30. The molecule has 0 aromatic heterocycles. The van der Waals surface area contributed by atoms with E-state index in [1.165, 1.54) is 103 Å². The van der Waals surface area contributed by atoms with E-state index in [2.05, 4.69) is 26.4 Å². The molecular weight excluding hydrogens is 268 g/mol. The molecule has 22 heavy (non-hydrogen) atoms. The molecule has 0 atom stereocenters. The van der Waals surface area contributed by atoms with Crippen molar-refractivity contribution in [3.8, 4) is 0 Å². The fourth-order valence-electron chi connectivity index (χ4n) is 2.98. The molecule has 2 nitrogen and oxygen atoms in total. The Morgan fingerprint density at radius 3 is 1.14 bits per heavy atom. The molecule has 0 spiro atoms. The van der Waals surface area contributed by atoms with Crippen molar-refractivity contribution in [2.24, 2.45) is 0 Å². The molecule has 0 radical (unpaired) electrons. The maximum atomic E-state index is 3.33. The van der Waals surface area contributed by atoms with E-state index in [1.807, 2.05) is 5.01 Å². The van der Waals surface area contributed by atoms with E-state index in [1.54, 1.807) is 0 Å². The largest absolute Gasteiger partial charge is 0.256 e. The van der Waals surface area contributed by atoms with Crippen LogP contribution in [0, 0.1) is 0 Å². The fourth-order valence-corrected chi connectivity index (χ4v) is 2.98. The summed E-state index contributed by atoms with van der Waals surface area (Å²) in [4.78, 5) is 0. The smallest absolute Gasteiger partial charge is 0.0102 e. The van der Waals surface area contributed by atoms with Crippen LogP contribution in [-0.2, 0) is 0 Å². The number of hydrogen-bond donors (Lipinski definition) is 1. The van der Waals surface area contributed by atoms with Crippen molar-refractivity contribution < 1.29 is 0 Å². The van der Waals surface area contributed by atoms with Gasteiger partial charge in [0.2, 0.25) is 0 Å². The Labute approximate surface area is 141 Å². The highest BCUT2D eigenvalue weighted by atomic mass is 15.5. The predicted octanol–water partition coefficient (Wildman–Crippen LogP) is 6.31. The van der Waals surface area contributed by atoms with Gasteiger partial charge in [0, 0.05) is 20.6 Å². The van der Waals surface area contributed by atoms with Gasteiger partial charge in [-0.1, -0.05) is 103 Å². The van der Waals surface area contributed by atoms with Gasteiger partial charge in [0.1, 0.15) is 0 Å². The minimum Gasteiger partial charge on any atom is -0.256 e. The zero-order valence-electron chi connectivity index (χ0n) is 16.0. The molecule has 0 saturated heterocycles. The van der Waals surface area contributed by atoms with Crippen LogP contribution in [0.4, 0.5) is 0 Å². The molecule has 134 valence electrons. The van der Waals surface area contributed by atoms with Crippen molar-refractivity contribution in [3.63, 3.8) is 0 Å². The Bertz CT molecular complexity index is 192. The predicted molar refractivity (Wildman–Crippen MR) is 101 cm³/mol. The van der Waals surface area contributed by atoms with Crippen molar-refractivity contribution >= 4 is 0 Å². The highest BCUT2D eigenvalue weighted by Gasteiger charge is 1.94. The van der Waals surface area contributed by atoms with Gasteiger partial charge in [-0.15, -0.1) is 0 Å². The molecule has 0 rings (SSSR count). The molecule has 0 unspecified atom stereocenters. The lowest BCUT2D eigenvalue weighted by Gasteiger charge is -2.11. The summed E-state index contributed by atoms with van der Waals surface area (Å²) in [6.07, 6.45) is 23.1. The number of nitrogens with one attached hydrogen (secondary N) is 1. The summed E-state index contributed by atoms with van der Waals surface area (Å²) in [5.74, 6) is 0. The molecule has 2 heteroatoms. The summed E-state index contributed by atoms with van der Waals surface area (Å²) in [5.41, 5.74) is 3.33. The van der Waals surface area contributed by atoms with Gasteiger partial charge >= 0.3 is 0 Å². The van der Waals surface area contributed by atoms with E-state index in [0.717, 1.165) is 6.54 Å². The Morgan fingerprint density at radius 2 is 0.818 bits per heavy atom. The highest BCUT2D eigenvalue weighted by molar-refractivity contribution is 4.50. The molecule has 0 aliphatic carbocycles. The van der Waals surface area contributed by atoms with Crippen molar-refractivity contribution in [1.29, 1.82) is 0 Å². The van der Waals surface area contributed by atoms with Crippen molar-refractivity contribution in [2.75, 3.05) is 20.6 Å². The average Bonchev–Trinajstić information content (AvgIpc) is 2.50. The van der Waals surface area contributed by atoms with Crippen LogP contribution in [0.2, 0.25) is 0 Å². The van der Waals surface area contributed by atoms with Crippen LogP contribution in [0.15, 0.2) is 0 Å². The zero-order chi connectivity index (χ0) is 16.3. The normalized spacial score (nSPS) is 11.5. The highest BCUT2D eigenvalue weighted by Crippen LogP contribution is 2.13. The number of nitrogens with zero attached hydrogens (tertiary/aromatic N) is 1. The summed E-state index contributed by atoms with van der Waals surface area (Å²) < 4.78 is 0. The Morgan fingerprint density at radius 1 is 0.500 bits per heavy atom. The van der Waals surface area contributed by atoms with Gasteiger partial charge < -0.3 is 0 Å². The van der Waals surface area contributed by atoms with Crippen molar-refractivity contribution in [3.05, 3.63) is 0 Å². The maximum Gasteiger partial charge on any atom is 0.0102 e. The molecule has 0 aliphatic heterocycles. The standard InChI is InChI=1S/C20H44N2/c1-4-5-6-7-8-9-10-11-12-13-14-15-16-17-18-19-20-21-22(2)3/h21H,4-20H2,1-3H3. The molecule has 1 N–H and O–H groups in total. The van der Waals surface area contributed by atoms with E-state index in [-0.39, 0.29) is 0 Å². The maximum absolute atomic E-state index is 3.33. The summed E-state index contributed by atoms with van der Waals surface area (Å²) >= 11 is 0. The lowest BCUT2D eigenvalue weighted by atomic mass is 10.0. The SMILES string of the molecule is CCCCCCCCCCCCCCCCCCNN(C)C. The Kier molecular flexibility index (Phi) is 18.9. The minimum atomic E-state index is 1.13. The van der Waals surface area contributed by atoms with Crippen LogP contribution in [-0.4, -0.2) is 25.6 Å². The Balaban J connectivity index is 2.94. The third kappa shape index (κ3) is 19.9. The summed E-state index contributed by atoms with van der Waals surface area (Å²) in [5, 5.41) is 2.05. The van der Waals surface area contributed by atoms with E-state index < -0.39 is 0 Å². The van der Waals surface area contributed by atoms with E-state index >= 15 is 0 Å². The van der Waals surface area contributed by atoms with Gasteiger partial charge in [0.25, 0.3) is 0 Å². The molecule has 0 fully saturated rings. The summed E-state index contributed by atoms with van der Waals surface area (Å²) in [6, 6.07) is 0. The van der Waals surface area contributed by atoms with Crippen LogP contribution >= 0.6 is 0 Å². The number of unbranched alkanes of at least 4 members (excludes halogenated alkanes) is 15. The molecule has 0 aliphatic rings. The monoisotopic (exact) mass is 312 g/mol. The van der Waals surface area contributed by atoms with E-state index in [0.29, 0.717) is 0 Å². The third-order valence-corrected chi connectivity index (χ3v) is 4.46. The fraction of sp³-hybridized carbons (Fsp3) is 1.00. The Hall–Kier alpha value is -0.0800. The molecule has 0 saturated carbocycles. The topological polar surface area (TPSA) is 15.3 Å². The first kappa shape index (κ1) is 21.9. The average molecular weight is 313 g/mol. The molecule has 0 aromatic rings. The molecule has 0 aromatic carbocycles. The minimum absolute atomic E-state index is 1.13. The molecular formula is C20H44N2. The second kappa shape index (κ2) is 19.0. The lowest BCUT2D eigenvalue weighted by molar-refractivity contribution is 0.286. The van der Waals surface area contributed by atoms with Gasteiger partial charge in [0.15, 0.2) is 0 Å².